The largest absolute Gasteiger partial charge is 0.324 e. The first-order valence-corrected chi connectivity index (χ1v) is 8.14. The van der Waals surface area contributed by atoms with Gasteiger partial charge in [-0.1, -0.05) is 35.4 Å². The van der Waals surface area contributed by atoms with E-state index in [0.29, 0.717) is 22.4 Å². The van der Waals surface area contributed by atoms with E-state index in [1.807, 2.05) is 38.1 Å². The summed E-state index contributed by atoms with van der Waals surface area (Å²) in [5.41, 5.74) is 3.61. The Morgan fingerprint density at radius 1 is 0.960 bits per heavy atom. The third-order valence-electron chi connectivity index (χ3n) is 3.48. The second-order valence-corrected chi connectivity index (χ2v) is 6.11. The lowest BCUT2D eigenvalue weighted by molar-refractivity contribution is 0.102. The second kappa shape index (κ2) is 7.32. The van der Waals surface area contributed by atoms with Gasteiger partial charge in [0.05, 0.1) is 0 Å². The van der Waals surface area contributed by atoms with Crippen molar-refractivity contribution in [2.24, 2.45) is 0 Å². The molecular formula is C19H17ClN4O. The summed E-state index contributed by atoms with van der Waals surface area (Å²) in [6.45, 7) is 3.84. The summed E-state index contributed by atoms with van der Waals surface area (Å²) in [4.78, 5) is 21.1. The zero-order chi connectivity index (χ0) is 17.8. The molecule has 0 aliphatic rings. The molecule has 1 heterocycles. The van der Waals surface area contributed by atoms with Crippen LogP contribution in [0.15, 0.2) is 54.6 Å². The molecule has 0 atom stereocenters. The summed E-state index contributed by atoms with van der Waals surface area (Å²) in [7, 11) is 0. The van der Waals surface area contributed by atoms with E-state index in [2.05, 4.69) is 20.6 Å². The van der Waals surface area contributed by atoms with E-state index in [9.17, 15) is 4.79 Å². The predicted molar refractivity (Wildman–Crippen MR) is 101 cm³/mol. The van der Waals surface area contributed by atoms with Gasteiger partial charge in [0.1, 0.15) is 5.69 Å². The van der Waals surface area contributed by atoms with Crippen LogP contribution < -0.4 is 10.6 Å². The minimum atomic E-state index is -0.320. The molecule has 25 heavy (non-hydrogen) atoms. The van der Waals surface area contributed by atoms with Crippen molar-refractivity contribution < 1.29 is 4.79 Å². The van der Waals surface area contributed by atoms with Crippen LogP contribution in [0.3, 0.4) is 0 Å². The first-order valence-electron chi connectivity index (χ1n) is 7.76. The van der Waals surface area contributed by atoms with Crippen LogP contribution in [0.5, 0.6) is 0 Å². The molecule has 126 valence electrons. The van der Waals surface area contributed by atoms with Crippen molar-refractivity contribution in [3.8, 4) is 0 Å². The normalized spacial score (nSPS) is 10.4. The van der Waals surface area contributed by atoms with E-state index in [4.69, 9.17) is 11.6 Å². The van der Waals surface area contributed by atoms with Gasteiger partial charge in [0.15, 0.2) is 0 Å². The summed E-state index contributed by atoms with van der Waals surface area (Å²) in [5, 5.41) is 6.45. The van der Waals surface area contributed by atoms with Gasteiger partial charge >= 0.3 is 0 Å². The average Bonchev–Trinajstić information content (AvgIpc) is 2.56. The molecule has 1 aromatic heterocycles. The van der Waals surface area contributed by atoms with E-state index in [0.717, 1.165) is 11.3 Å². The first kappa shape index (κ1) is 16.9. The van der Waals surface area contributed by atoms with Crippen LogP contribution in [-0.4, -0.2) is 15.9 Å². The molecule has 0 bridgehead atoms. The van der Waals surface area contributed by atoms with Crippen LogP contribution in [0.2, 0.25) is 5.02 Å². The maximum Gasteiger partial charge on any atom is 0.274 e. The summed E-state index contributed by atoms with van der Waals surface area (Å²) in [6, 6.07) is 16.5. The van der Waals surface area contributed by atoms with Gasteiger partial charge in [-0.05, 0) is 50.2 Å². The van der Waals surface area contributed by atoms with Crippen molar-refractivity contribution >= 4 is 34.8 Å². The third kappa shape index (κ3) is 4.55. The summed E-state index contributed by atoms with van der Waals surface area (Å²) < 4.78 is 0. The van der Waals surface area contributed by atoms with Crippen LogP contribution >= 0.6 is 11.6 Å². The van der Waals surface area contributed by atoms with Gasteiger partial charge in [-0.2, -0.15) is 0 Å². The van der Waals surface area contributed by atoms with Gasteiger partial charge in [-0.15, -0.1) is 0 Å². The minimum absolute atomic E-state index is 0.280. The number of amides is 1. The van der Waals surface area contributed by atoms with Gasteiger partial charge in [0.25, 0.3) is 5.91 Å². The highest BCUT2D eigenvalue weighted by Gasteiger charge is 2.11. The molecule has 0 saturated heterocycles. The van der Waals surface area contributed by atoms with Gasteiger partial charge in [0, 0.05) is 22.1 Å². The van der Waals surface area contributed by atoms with Gasteiger partial charge < -0.3 is 10.6 Å². The third-order valence-corrected chi connectivity index (χ3v) is 3.71. The number of anilines is 3. The SMILES string of the molecule is Cc1ccc(Nc2nc(C)cc(C(=O)Nc3cccc(Cl)c3)n2)cc1. The Kier molecular flexibility index (Phi) is 4.95. The number of aromatic nitrogens is 2. The Morgan fingerprint density at radius 3 is 2.44 bits per heavy atom. The Balaban J connectivity index is 1.80. The molecule has 0 spiro atoms. The van der Waals surface area contributed by atoms with E-state index in [1.54, 1.807) is 30.3 Å². The highest BCUT2D eigenvalue weighted by molar-refractivity contribution is 6.30. The molecule has 0 saturated carbocycles. The number of nitrogens with zero attached hydrogens (tertiary/aromatic N) is 2. The van der Waals surface area contributed by atoms with E-state index in [1.165, 1.54) is 0 Å². The molecule has 0 aliphatic carbocycles. The first-order chi connectivity index (χ1) is 12.0. The molecule has 0 aliphatic heterocycles. The molecule has 2 aromatic carbocycles. The lowest BCUT2D eigenvalue weighted by atomic mass is 10.2. The van der Waals surface area contributed by atoms with E-state index < -0.39 is 0 Å². The van der Waals surface area contributed by atoms with Gasteiger partial charge in [-0.25, -0.2) is 9.97 Å². The summed E-state index contributed by atoms with van der Waals surface area (Å²) in [5.74, 6) is 0.0554. The molecule has 0 unspecified atom stereocenters. The van der Waals surface area contributed by atoms with Crippen LogP contribution in [-0.2, 0) is 0 Å². The fourth-order valence-electron chi connectivity index (χ4n) is 2.27. The van der Waals surface area contributed by atoms with Crippen molar-refractivity contribution in [1.29, 1.82) is 0 Å². The Morgan fingerprint density at radius 2 is 1.72 bits per heavy atom. The lowest BCUT2D eigenvalue weighted by Crippen LogP contribution is -2.15. The Hall–Kier alpha value is -2.92. The molecule has 5 nitrogen and oxygen atoms in total. The number of aryl methyl sites for hydroxylation is 2. The minimum Gasteiger partial charge on any atom is -0.324 e. The molecule has 3 rings (SSSR count). The molecule has 0 radical (unpaired) electrons. The Labute approximate surface area is 151 Å². The van der Waals surface area contributed by atoms with Gasteiger partial charge in [-0.3, -0.25) is 4.79 Å². The number of carbonyl (C=O) groups is 1. The standard InChI is InChI=1S/C19H17ClN4O/c1-12-6-8-15(9-7-12)23-19-21-13(2)10-17(24-19)18(25)22-16-5-3-4-14(20)11-16/h3-11H,1-2H3,(H,22,25)(H,21,23,24). The number of benzene rings is 2. The highest BCUT2D eigenvalue weighted by atomic mass is 35.5. The predicted octanol–water partition coefficient (Wildman–Crippen LogP) is 4.74. The van der Waals surface area contributed by atoms with Gasteiger partial charge in [0.2, 0.25) is 5.95 Å². The van der Waals surface area contributed by atoms with Crippen molar-refractivity contribution in [2.75, 3.05) is 10.6 Å². The van der Waals surface area contributed by atoms with E-state index >= 15 is 0 Å². The topological polar surface area (TPSA) is 66.9 Å². The molecule has 0 fully saturated rings. The van der Waals surface area contributed by atoms with Crippen LogP contribution in [0.1, 0.15) is 21.7 Å². The number of hydrogen-bond acceptors (Lipinski definition) is 4. The number of hydrogen-bond donors (Lipinski definition) is 2. The average molecular weight is 353 g/mol. The highest BCUT2D eigenvalue weighted by Crippen LogP contribution is 2.17. The number of nitrogens with one attached hydrogen (secondary N) is 2. The van der Waals surface area contributed by atoms with Crippen molar-refractivity contribution in [3.05, 3.63) is 76.6 Å². The monoisotopic (exact) mass is 352 g/mol. The number of halogens is 1. The van der Waals surface area contributed by atoms with Crippen molar-refractivity contribution in [2.45, 2.75) is 13.8 Å². The van der Waals surface area contributed by atoms with E-state index in [-0.39, 0.29) is 11.6 Å². The maximum absolute atomic E-state index is 12.5. The number of rotatable bonds is 4. The number of carbonyl (C=O) groups excluding carboxylic acids is 1. The zero-order valence-electron chi connectivity index (χ0n) is 13.9. The van der Waals surface area contributed by atoms with Crippen LogP contribution in [0, 0.1) is 13.8 Å². The zero-order valence-corrected chi connectivity index (χ0v) is 14.6. The van der Waals surface area contributed by atoms with Crippen molar-refractivity contribution in [1.82, 2.24) is 9.97 Å². The maximum atomic E-state index is 12.5. The summed E-state index contributed by atoms with van der Waals surface area (Å²) in [6.07, 6.45) is 0. The fraction of sp³-hybridized carbons (Fsp3) is 0.105. The smallest absolute Gasteiger partial charge is 0.274 e. The molecule has 1 amide bonds. The van der Waals surface area contributed by atoms with Crippen molar-refractivity contribution in [3.63, 3.8) is 0 Å². The quantitative estimate of drug-likeness (QED) is 0.711. The molecular weight excluding hydrogens is 336 g/mol. The van der Waals surface area contributed by atoms with Crippen LogP contribution in [0.4, 0.5) is 17.3 Å². The molecule has 6 heteroatoms. The van der Waals surface area contributed by atoms with Crippen LogP contribution in [0.25, 0.3) is 0 Å². The summed E-state index contributed by atoms with van der Waals surface area (Å²) >= 11 is 5.94. The fourth-order valence-corrected chi connectivity index (χ4v) is 2.46. The molecule has 3 aromatic rings. The second-order valence-electron chi connectivity index (χ2n) is 5.67. The molecule has 2 N–H and O–H groups in total. The Bertz CT molecular complexity index is 910. The lowest BCUT2D eigenvalue weighted by Gasteiger charge is -2.09.